The van der Waals surface area contributed by atoms with Gasteiger partial charge in [-0.2, -0.15) is 0 Å². The van der Waals surface area contributed by atoms with Gasteiger partial charge in [0.25, 0.3) is 0 Å². The van der Waals surface area contributed by atoms with Crippen molar-refractivity contribution in [2.45, 2.75) is 31.7 Å². The third-order valence-corrected chi connectivity index (χ3v) is 5.82. The lowest BCUT2D eigenvalue weighted by atomic mass is 9.85. The summed E-state index contributed by atoms with van der Waals surface area (Å²) in [6.45, 7) is 1.21. The quantitative estimate of drug-likeness (QED) is 0.548. The van der Waals surface area contributed by atoms with Crippen LogP contribution in [0.5, 0.6) is 11.5 Å². The average Bonchev–Trinajstić information content (AvgIpc) is 2.82. The first-order valence-electron chi connectivity index (χ1n) is 11.0. The second-order valence-electron chi connectivity index (χ2n) is 8.10. The highest BCUT2D eigenvalue weighted by Gasteiger charge is 2.27. The molecule has 4 rings (SSSR count). The number of ketones is 1. The van der Waals surface area contributed by atoms with Gasteiger partial charge in [0.1, 0.15) is 0 Å². The molecule has 1 heterocycles. The maximum Gasteiger partial charge on any atom is 0.165 e. The highest BCUT2D eigenvalue weighted by atomic mass is 16.5. The number of carbonyl (C=O) groups excluding carboxylic acids is 1. The van der Waals surface area contributed by atoms with Crippen molar-refractivity contribution in [1.29, 1.82) is 0 Å². The number of fused-ring (bicyclic) bond motifs is 1. The molecule has 5 heteroatoms. The van der Waals surface area contributed by atoms with Crippen molar-refractivity contribution in [2.75, 3.05) is 27.4 Å². The summed E-state index contributed by atoms with van der Waals surface area (Å²) in [7, 11) is 3.32. The van der Waals surface area contributed by atoms with Crippen LogP contribution in [0.15, 0.2) is 70.8 Å². The number of methoxy groups -OCH3 is 2. The monoisotopic (exact) mass is 431 g/mol. The average molecular weight is 432 g/mol. The Morgan fingerprint density at radius 1 is 1.03 bits per heavy atom. The Labute approximate surface area is 189 Å². The van der Waals surface area contributed by atoms with E-state index in [2.05, 4.69) is 23.2 Å². The van der Waals surface area contributed by atoms with E-state index in [-0.39, 0.29) is 11.8 Å². The molecule has 0 saturated heterocycles. The molecule has 1 aliphatic carbocycles. The minimum atomic E-state index is -0.167. The van der Waals surface area contributed by atoms with Crippen molar-refractivity contribution < 1.29 is 19.0 Å². The van der Waals surface area contributed by atoms with Crippen LogP contribution >= 0.6 is 0 Å². The summed E-state index contributed by atoms with van der Waals surface area (Å²) in [5, 5.41) is 0. The van der Waals surface area contributed by atoms with Crippen molar-refractivity contribution in [3.8, 4) is 11.5 Å². The van der Waals surface area contributed by atoms with Crippen LogP contribution in [-0.2, 0) is 22.4 Å². The van der Waals surface area contributed by atoms with E-state index in [1.54, 1.807) is 14.2 Å². The van der Waals surface area contributed by atoms with Gasteiger partial charge in [0.2, 0.25) is 0 Å². The molecule has 2 aromatic carbocycles. The molecule has 1 aliphatic heterocycles. The van der Waals surface area contributed by atoms with E-state index in [1.807, 2.05) is 42.6 Å². The number of ether oxygens (including phenoxy) is 3. The largest absolute Gasteiger partial charge is 0.493 e. The Kier molecular flexibility index (Phi) is 7.17. The van der Waals surface area contributed by atoms with Crippen molar-refractivity contribution in [1.82, 2.24) is 0 Å². The van der Waals surface area contributed by atoms with Gasteiger partial charge in [-0.3, -0.25) is 9.79 Å². The fourth-order valence-corrected chi connectivity index (χ4v) is 4.14. The number of hydrogen-bond acceptors (Lipinski definition) is 5. The van der Waals surface area contributed by atoms with Crippen LogP contribution in [0, 0.1) is 0 Å². The summed E-state index contributed by atoms with van der Waals surface area (Å²) >= 11 is 0. The highest BCUT2D eigenvalue weighted by Crippen LogP contribution is 2.34. The Morgan fingerprint density at radius 3 is 2.62 bits per heavy atom. The molecule has 166 valence electrons. The molecule has 0 spiro atoms. The van der Waals surface area contributed by atoms with Crippen LogP contribution in [-0.4, -0.2) is 45.5 Å². The molecule has 32 heavy (non-hydrogen) atoms. The second kappa shape index (κ2) is 10.4. The number of hydrogen-bond donors (Lipinski definition) is 0. The maximum absolute atomic E-state index is 12.9. The molecule has 2 aliphatic rings. The molecule has 5 nitrogen and oxygen atoms in total. The van der Waals surface area contributed by atoms with Crippen LogP contribution in [0.3, 0.4) is 0 Å². The summed E-state index contributed by atoms with van der Waals surface area (Å²) in [5.74, 6) is 1.56. The van der Waals surface area contributed by atoms with Crippen molar-refractivity contribution >= 4 is 12.0 Å². The van der Waals surface area contributed by atoms with E-state index in [0.29, 0.717) is 37.6 Å². The lowest BCUT2D eigenvalue weighted by molar-refractivity contribution is -0.115. The SMILES string of the molecule is COCCCOc1cc2c(cc1OC)C=NC(C1=CC=C(Cc3ccccc3)CC1=O)C2. The highest BCUT2D eigenvalue weighted by molar-refractivity contribution is 6.00. The van der Waals surface area contributed by atoms with E-state index in [4.69, 9.17) is 14.2 Å². The van der Waals surface area contributed by atoms with Gasteiger partial charge >= 0.3 is 0 Å². The summed E-state index contributed by atoms with van der Waals surface area (Å²) in [6.07, 6.45) is 8.63. The van der Waals surface area contributed by atoms with E-state index in [0.717, 1.165) is 35.1 Å². The number of rotatable bonds is 9. The minimum Gasteiger partial charge on any atom is -0.493 e. The molecule has 0 aromatic heterocycles. The molecule has 1 atom stereocenters. The maximum atomic E-state index is 12.9. The number of aliphatic imine (C=N–C) groups is 1. The molecule has 0 bridgehead atoms. The van der Waals surface area contributed by atoms with Crippen LogP contribution in [0.2, 0.25) is 0 Å². The van der Waals surface area contributed by atoms with Gasteiger partial charge in [0.15, 0.2) is 17.3 Å². The van der Waals surface area contributed by atoms with Gasteiger partial charge in [0.05, 0.1) is 19.8 Å². The van der Waals surface area contributed by atoms with Gasteiger partial charge in [0, 0.05) is 38.3 Å². The van der Waals surface area contributed by atoms with Crippen LogP contribution < -0.4 is 9.47 Å². The number of benzene rings is 2. The summed E-state index contributed by atoms with van der Waals surface area (Å²) in [4.78, 5) is 17.6. The van der Waals surface area contributed by atoms with E-state index in [9.17, 15) is 4.79 Å². The normalized spacial score (nSPS) is 17.4. The Hall–Kier alpha value is -3.18. The predicted molar refractivity (Wildman–Crippen MR) is 126 cm³/mol. The zero-order valence-corrected chi connectivity index (χ0v) is 18.7. The summed E-state index contributed by atoms with van der Waals surface area (Å²) < 4.78 is 16.5. The molecule has 0 saturated carbocycles. The van der Waals surface area contributed by atoms with Crippen LogP contribution in [0.25, 0.3) is 0 Å². The Bertz CT molecular complexity index is 1050. The van der Waals surface area contributed by atoms with Crippen molar-refractivity contribution in [3.63, 3.8) is 0 Å². The zero-order valence-electron chi connectivity index (χ0n) is 18.7. The minimum absolute atomic E-state index is 0.161. The number of Topliss-reactive ketones (excluding diaryl/α,β-unsaturated/α-hetero) is 1. The third-order valence-electron chi connectivity index (χ3n) is 5.82. The molecule has 1 unspecified atom stereocenters. The summed E-state index contributed by atoms with van der Waals surface area (Å²) in [6, 6.07) is 14.1. The second-order valence-corrected chi connectivity index (χ2v) is 8.10. The summed E-state index contributed by atoms with van der Waals surface area (Å²) in [5.41, 5.74) is 5.26. The molecule has 0 fully saturated rings. The molecular formula is C27H29NO4. The van der Waals surface area contributed by atoms with Crippen molar-refractivity contribution in [2.24, 2.45) is 4.99 Å². The van der Waals surface area contributed by atoms with Crippen LogP contribution in [0.4, 0.5) is 0 Å². The molecule has 0 amide bonds. The predicted octanol–water partition coefficient (Wildman–Crippen LogP) is 4.52. The molecule has 2 aromatic rings. The zero-order chi connectivity index (χ0) is 22.3. The molecular weight excluding hydrogens is 402 g/mol. The van der Waals surface area contributed by atoms with Crippen LogP contribution in [0.1, 0.15) is 29.5 Å². The lowest BCUT2D eigenvalue weighted by Crippen LogP contribution is -2.24. The lowest BCUT2D eigenvalue weighted by Gasteiger charge is -2.24. The topological polar surface area (TPSA) is 57.1 Å². The molecule has 0 radical (unpaired) electrons. The van der Waals surface area contributed by atoms with Gasteiger partial charge in [-0.15, -0.1) is 0 Å². The number of carbonyl (C=O) groups is 1. The number of nitrogens with zero attached hydrogens (tertiary/aromatic N) is 1. The Morgan fingerprint density at radius 2 is 1.88 bits per heavy atom. The van der Waals surface area contributed by atoms with E-state index in [1.165, 1.54) is 5.56 Å². The van der Waals surface area contributed by atoms with E-state index < -0.39 is 0 Å². The fourth-order valence-electron chi connectivity index (χ4n) is 4.14. The first kappa shape index (κ1) is 22.0. The van der Waals surface area contributed by atoms with Gasteiger partial charge in [-0.1, -0.05) is 48.1 Å². The first-order chi connectivity index (χ1) is 15.7. The van der Waals surface area contributed by atoms with E-state index >= 15 is 0 Å². The number of allylic oxidation sites excluding steroid dienone is 3. The van der Waals surface area contributed by atoms with Gasteiger partial charge in [-0.25, -0.2) is 0 Å². The standard InChI is InChI=1S/C27H29NO4/c1-30-11-6-12-32-27-16-21-15-24(28-18-22(21)17-26(27)31-2)23-10-9-20(14-25(23)29)13-19-7-4-3-5-8-19/h3-5,7-10,16-18,24H,6,11-15H2,1-2H3. The first-order valence-corrected chi connectivity index (χ1v) is 11.0. The third kappa shape index (κ3) is 5.17. The van der Waals surface area contributed by atoms with Gasteiger partial charge in [-0.05, 0) is 41.7 Å². The fraction of sp³-hybridized carbons (Fsp3) is 0.333. The van der Waals surface area contributed by atoms with Crippen molar-refractivity contribution in [3.05, 3.63) is 82.5 Å². The Balaban J connectivity index is 1.49. The van der Waals surface area contributed by atoms with Gasteiger partial charge < -0.3 is 14.2 Å². The molecule has 0 N–H and O–H groups in total. The smallest absolute Gasteiger partial charge is 0.165 e.